The number of hydrogen-bond acceptors (Lipinski definition) is 3. The maximum atomic E-state index is 12.1. The number of nitrogens with one attached hydrogen (secondary N) is 3. The average molecular weight is 466 g/mol. The van der Waals surface area contributed by atoms with Gasteiger partial charge in [-0.1, -0.05) is 19.1 Å². The minimum Gasteiger partial charge on any atom is -0.357 e. The van der Waals surface area contributed by atoms with Crippen molar-refractivity contribution in [2.45, 2.75) is 50.6 Å². The zero-order valence-corrected chi connectivity index (χ0v) is 17.4. The van der Waals surface area contributed by atoms with E-state index in [4.69, 9.17) is 0 Å². The molecule has 1 aromatic rings. The number of benzene rings is 1. The van der Waals surface area contributed by atoms with E-state index in [0.717, 1.165) is 43.9 Å². The summed E-state index contributed by atoms with van der Waals surface area (Å²) in [6.45, 7) is 6.31. The van der Waals surface area contributed by atoms with Gasteiger partial charge < -0.3 is 10.6 Å². The first-order valence-electron chi connectivity index (χ1n) is 8.18. The number of sulfonamides is 1. The lowest BCUT2D eigenvalue weighted by molar-refractivity contribution is 0.581. The highest BCUT2D eigenvalue weighted by atomic mass is 127. The fraction of sp³-hybridized carbons (Fsp3) is 0.562. The van der Waals surface area contributed by atoms with Crippen molar-refractivity contribution in [3.63, 3.8) is 0 Å². The first-order chi connectivity index (χ1) is 11.0. The number of rotatable bonds is 8. The summed E-state index contributed by atoms with van der Waals surface area (Å²) in [6.07, 6.45) is 2.90. The van der Waals surface area contributed by atoms with E-state index < -0.39 is 10.0 Å². The van der Waals surface area contributed by atoms with Gasteiger partial charge in [-0.05, 0) is 43.9 Å². The van der Waals surface area contributed by atoms with Gasteiger partial charge in [-0.15, -0.1) is 24.0 Å². The summed E-state index contributed by atoms with van der Waals surface area (Å²) in [6, 6.07) is 7.03. The Morgan fingerprint density at radius 2 is 1.83 bits per heavy atom. The highest BCUT2D eigenvalue weighted by Crippen LogP contribution is 2.22. The van der Waals surface area contributed by atoms with E-state index in [1.165, 1.54) is 0 Å². The van der Waals surface area contributed by atoms with Crippen LogP contribution < -0.4 is 15.4 Å². The molecule has 0 saturated heterocycles. The second kappa shape index (κ2) is 10.2. The molecular weight excluding hydrogens is 439 g/mol. The predicted octanol–water partition coefficient (Wildman–Crippen LogP) is 2.21. The molecule has 8 heteroatoms. The molecule has 3 N–H and O–H groups in total. The molecule has 0 heterocycles. The topological polar surface area (TPSA) is 82.6 Å². The van der Waals surface area contributed by atoms with Crippen molar-refractivity contribution in [2.75, 3.05) is 13.1 Å². The van der Waals surface area contributed by atoms with Crippen molar-refractivity contribution in [3.8, 4) is 0 Å². The number of halogens is 1. The van der Waals surface area contributed by atoms with Crippen LogP contribution >= 0.6 is 24.0 Å². The molecule has 136 valence electrons. The van der Waals surface area contributed by atoms with E-state index >= 15 is 0 Å². The van der Waals surface area contributed by atoms with Gasteiger partial charge in [0.2, 0.25) is 10.0 Å². The van der Waals surface area contributed by atoms with Crippen LogP contribution in [0, 0.1) is 0 Å². The predicted molar refractivity (Wildman–Crippen MR) is 108 cm³/mol. The minimum absolute atomic E-state index is 0. The maximum Gasteiger partial charge on any atom is 0.240 e. The molecule has 0 aliphatic heterocycles. The molecule has 24 heavy (non-hydrogen) atoms. The summed E-state index contributed by atoms with van der Waals surface area (Å²) in [4.78, 5) is 4.81. The third-order valence-electron chi connectivity index (χ3n) is 3.44. The number of guanidine groups is 1. The lowest BCUT2D eigenvalue weighted by atomic mass is 10.2. The molecule has 0 aromatic heterocycles. The monoisotopic (exact) mass is 466 g/mol. The van der Waals surface area contributed by atoms with Crippen LogP contribution in [0.4, 0.5) is 0 Å². The van der Waals surface area contributed by atoms with Gasteiger partial charge in [-0.3, -0.25) is 0 Å². The van der Waals surface area contributed by atoms with Crippen molar-refractivity contribution in [1.82, 2.24) is 15.4 Å². The van der Waals surface area contributed by atoms with Crippen molar-refractivity contribution in [3.05, 3.63) is 29.8 Å². The quantitative estimate of drug-likeness (QED) is 0.312. The van der Waals surface area contributed by atoms with Gasteiger partial charge in [0.15, 0.2) is 5.96 Å². The highest BCUT2D eigenvalue weighted by Gasteiger charge is 2.27. The Morgan fingerprint density at radius 3 is 2.38 bits per heavy atom. The molecule has 0 unspecified atom stereocenters. The highest BCUT2D eigenvalue weighted by molar-refractivity contribution is 14.0. The van der Waals surface area contributed by atoms with Gasteiger partial charge in [-0.2, -0.15) is 0 Å². The molecule has 1 fully saturated rings. The third-order valence-corrected chi connectivity index (χ3v) is 4.98. The van der Waals surface area contributed by atoms with Crippen molar-refractivity contribution < 1.29 is 8.42 Å². The zero-order chi connectivity index (χ0) is 16.7. The fourth-order valence-electron chi connectivity index (χ4n) is 2.02. The summed E-state index contributed by atoms with van der Waals surface area (Å²) < 4.78 is 26.9. The van der Waals surface area contributed by atoms with Gasteiger partial charge >= 0.3 is 0 Å². The smallest absolute Gasteiger partial charge is 0.240 e. The van der Waals surface area contributed by atoms with Crippen molar-refractivity contribution in [1.29, 1.82) is 0 Å². The minimum atomic E-state index is -3.38. The van der Waals surface area contributed by atoms with E-state index in [9.17, 15) is 8.42 Å². The van der Waals surface area contributed by atoms with E-state index in [1.54, 1.807) is 12.1 Å². The molecule has 0 radical (unpaired) electrons. The molecule has 0 bridgehead atoms. The zero-order valence-electron chi connectivity index (χ0n) is 14.2. The summed E-state index contributed by atoms with van der Waals surface area (Å²) >= 11 is 0. The van der Waals surface area contributed by atoms with Crippen LogP contribution in [0.1, 0.15) is 38.7 Å². The van der Waals surface area contributed by atoms with Gasteiger partial charge in [0, 0.05) is 19.1 Å². The maximum absolute atomic E-state index is 12.1. The van der Waals surface area contributed by atoms with Crippen molar-refractivity contribution in [2.24, 2.45) is 4.99 Å². The molecule has 6 nitrogen and oxygen atoms in total. The van der Waals surface area contributed by atoms with Gasteiger partial charge in [0.05, 0.1) is 11.4 Å². The summed E-state index contributed by atoms with van der Waals surface area (Å²) in [5, 5.41) is 6.42. The van der Waals surface area contributed by atoms with E-state index in [2.05, 4.69) is 27.3 Å². The Balaban J connectivity index is 0.00000288. The SMILES string of the molecule is CCCNC(=NCc1ccc(S(=O)(=O)NC2CC2)cc1)NCC.I. The number of nitrogens with zero attached hydrogens (tertiary/aromatic N) is 1. The summed E-state index contributed by atoms with van der Waals surface area (Å²) in [5.41, 5.74) is 0.976. The second-order valence-corrected chi connectivity index (χ2v) is 7.38. The first-order valence-corrected chi connectivity index (χ1v) is 9.67. The Morgan fingerprint density at radius 1 is 1.17 bits per heavy atom. The molecule has 1 aliphatic rings. The van der Waals surface area contributed by atoms with Gasteiger partial charge in [0.25, 0.3) is 0 Å². The molecule has 1 aliphatic carbocycles. The van der Waals surface area contributed by atoms with E-state index in [-0.39, 0.29) is 30.0 Å². The number of aliphatic imine (C=N–C) groups is 1. The van der Waals surface area contributed by atoms with Crippen LogP contribution in [-0.2, 0) is 16.6 Å². The second-order valence-electron chi connectivity index (χ2n) is 5.66. The molecule has 0 amide bonds. The molecule has 2 rings (SSSR count). The van der Waals surface area contributed by atoms with Crippen molar-refractivity contribution >= 4 is 40.0 Å². The molecule has 1 aromatic carbocycles. The third kappa shape index (κ3) is 6.94. The van der Waals surface area contributed by atoms with Crippen LogP contribution in [0.15, 0.2) is 34.2 Å². The lowest BCUT2D eigenvalue weighted by Gasteiger charge is -2.10. The largest absolute Gasteiger partial charge is 0.357 e. The van der Waals surface area contributed by atoms with Crippen LogP contribution in [0.2, 0.25) is 0 Å². The van der Waals surface area contributed by atoms with E-state index in [1.807, 2.05) is 19.1 Å². The van der Waals surface area contributed by atoms with Crippen LogP contribution in [-0.4, -0.2) is 33.5 Å². The standard InChI is InChI=1S/C16H26N4O2S.HI/c1-3-11-18-16(17-4-2)19-12-13-5-9-15(10-6-13)23(21,22)20-14-7-8-14;/h5-6,9-10,14,20H,3-4,7-8,11-12H2,1-2H3,(H2,17,18,19);1H. The van der Waals surface area contributed by atoms with Crippen LogP contribution in [0.25, 0.3) is 0 Å². The van der Waals surface area contributed by atoms with Gasteiger partial charge in [0.1, 0.15) is 0 Å². The fourth-order valence-corrected chi connectivity index (χ4v) is 3.32. The Hall–Kier alpha value is -0.870. The lowest BCUT2D eigenvalue weighted by Crippen LogP contribution is -2.37. The first kappa shape index (κ1) is 21.2. The van der Waals surface area contributed by atoms with Gasteiger partial charge in [-0.25, -0.2) is 18.1 Å². The normalized spacial score (nSPS) is 14.8. The number of hydrogen-bond donors (Lipinski definition) is 3. The Bertz CT molecular complexity index is 628. The average Bonchev–Trinajstić information content (AvgIpc) is 3.34. The van der Waals surface area contributed by atoms with E-state index in [0.29, 0.717) is 11.4 Å². The van der Waals surface area contributed by atoms with Crippen LogP contribution in [0.3, 0.4) is 0 Å². The Labute approximate surface area is 162 Å². The molecule has 0 atom stereocenters. The summed E-state index contributed by atoms with van der Waals surface area (Å²) in [5.74, 6) is 0.779. The molecular formula is C16H27IN4O2S. The Kier molecular flexibility index (Phi) is 8.99. The summed E-state index contributed by atoms with van der Waals surface area (Å²) in [7, 11) is -3.38. The van der Waals surface area contributed by atoms with Crippen LogP contribution in [0.5, 0.6) is 0 Å². The molecule has 0 spiro atoms. The molecule has 1 saturated carbocycles.